The highest BCUT2D eigenvalue weighted by atomic mass is 16.4. The monoisotopic (exact) mass is 303 g/mol. The summed E-state index contributed by atoms with van der Waals surface area (Å²) in [4.78, 5) is 21.9. The van der Waals surface area contributed by atoms with E-state index in [1.165, 1.54) is 6.92 Å². The number of hydrogen-bond acceptors (Lipinski definition) is 7. The maximum Gasteiger partial charge on any atom is 0.308 e. The maximum absolute atomic E-state index is 10.9. The zero-order valence-corrected chi connectivity index (χ0v) is 12.8. The number of ketones is 1. The van der Waals surface area contributed by atoms with Gasteiger partial charge in [-0.15, -0.1) is 0 Å². The third-order valence-corrected chi connectivity index (χ3v) is 2.85. The first-order chi connectivity index (χ1) is 10.1. The van der Waals surface area contributed by atoms with E-state index < -0.39 is 11.9 Å². The molecular formula is C13H29N5O3. The van der Waals surface area contributed by atoms with E-state index in [2.05, 4.69) is 21.3 Å². The fraction of sp³-hybridized carbons (Fsp3) is 0.846. The number of hydrogen-bond donors (Lipinski definition) is 6. The van der Waals surface area contributed by atoms with Crippen molar-refractivity contribution >= 4 is 11.8 Å². The molecule has 8 nitrogen and oxygen atoms in total. The summed E-state index contributed by atoms with van der Waals surface area (Å²) in [7, 11) is 0. The summed E-state index contributed by atoms with van der Waals surface area (Å²) in [6, 6.07) is 0. The lowest BCUT2D eigenvalue weighted by Crippen LogP contribution is -2.37. The van der Waals surface area contributed by atoms with Crippen molar-refractivity contribution in [1.82, 2.24) is 21.3 Å². The van der Waals surface area contributed by atoms with E-state index in [-0.39, 0.29) is 12.2 Å². The van der Waals surface area contributed by atoms with Crippen LogP contribution in [0, 0.1) is 5.92 Å². The Balaban J connectivity index is 3.38. The zero-order chi connectivity index (χ0) is 15.9. The van der Waals surface area contributed by atoms with Crippen LogP contribution in [-0.4, -0.2) is 69.3 Å². The molecule has 7 N–H and O–H groups in total. The number of aliphatic carboxylic acids is 1. The average Bonchev–Trinajstić information content (AvgIpc) is 2.42. The predicted octanol–water partition coefficient (Wildman–Crippen LogP) is -2.06. The molecule has 0 aromatic rings. The fourth-order valence-electron chi connectivity index (χ4n) is 1.75. The molecule has 0 aliphatic carbocycles. The molecule has 1 unspecified atom stereocenters. The number of rotatable bonds is 15. The normalized spacial score (nSPS) is 12.3. The zero-order valence-electron chi connectivity index (χ0n) is 12.8. The van der Waals surface area contributed by atoms with Gasteiger partial charge in [-0.05, 0) is 6.92 Å². The summed E-state index contributed by atoms with van der Waals surface area (Å²) in [6.07, 6.45) is 0.0799. The van der Waals surface area contributed by atoms with Crippen LogP contribution in [0.5, 0.6) is 0 Å². The standard InChI is InChI=1S/C13H29N5O3/c1-11(19)8-12(13(20)21)9-17-6-4-15-2-3-16-5-7-18-10-14/h12,15-18H,2-10,14H2,1H3,(H,20,21). The first-order valence-corrected chi connectivity index (χ1v) is 7.33. The van der Waals surface area contributed by atoms with Gasteiger partial charge < -0.3 is 36.9 Å². The summed E-state index contributed by atoms with van der Waals surface area (Å²) in [5.74, 6) is -1.67. The lowest BCUT2D eigenvalue weighted by molar-refractivity contribution is -0.143. The number of carbonyl (C=O) groups is 2. The van der Waals surface area contributed by atoms with Gasteiger partial charge in [-0.2, -0.15) is 0 Å². The van der Waals surface area contributed by atoms with E-state index >= 15 is 0 Å². The van der Waals surface area contributed by atoms with Crippen LogP contribution in [0.25, 0.3) is 0 Å². The van der Waals surface area contributed by atoms with Gasteiger partial charge >= 0.3 is 5.97 Å². The minimum Gasteiger partial charge on any atom is -0.481 e. The van der Waals surface area contributed by atoms with Gasteiger partial charge in [0.15, 0.2) is 0 Å². The highest BCUT2D eigenvalue weighted by molar-refractivity contribution is 5.82. The van der Waals surface area contributed by atoms with Gasteiger partial charge in [-0.25, -0.2) is 0 Å². The third-order valence-electron chi connectivity index (χ3n) is 2.85. The van der Waals surface area contributed by atoms with Crippen LogP contribution >= 0.6 is 0 Å². The molecule has 124 valence electrons. The lowest BCUT2D eigenvalue weighted by atomic mass is 10.0. The second-order valence-corrected chi connectivity index (χ2v) is 4.85. The van der Waals surface area contributed by atoms with Crippen molar-refractivity contribution in [2.75, 3.05) is 52.5 Å². The van der Waals surface area contributed by atoms with Gasteiger partial charge in [0, 0.05) is 58.9 Å². The van der Waals surface area contributed by atoms with Gasteiger partial charge in [0.1, 0.15) is 5.78 Å². The van der Waals surface area contributed by atoms with Crippen molar-refractivity contribution < 1.29 is 14.7 Å². The summed E-state index contributed by atoms with van der Waals surface area (Å²) in [6.45, 7) is 7.10. The van der Waals surface area contributed by atoms with Crippen molar-refractivity contribution in [3.8, 4) is 0 Å². The molecule has 0 saturated heterocycles. The third kappa shape index (κ3) is 13.7. The van der Waals surface area contributed by atoms with E-state index in [9.17, 15) is 9.59 Å². The maximum atomic E-state index is 10.9. The number of carboxylic acid groups (broad SMARTS) is 1. The van der Waals surface area contributed by atoms with Crippen molar-refractivity contribution in [2.24, 2.45) is 11.7 Å². The molecule has 0 aromatic carbocycles. The molecule has 0 heterocycles. The first kappa shape index (κ1) is 19.9. The SMILES string of the molecule is CC(=O)CC(CNCCNCCNCCNCN)C(=O)O. The Morgan fingerprint density at radius 1 is 0.952 bits per heavy atom. The Morgan fingerprint density at radius 2 is 1.43 bits per heavy atom. The number of nitrogens with one attached hydrogen (secondary N) is 4. The van der Waals surface area contributed by atoms with Crippen molar-refractivity contribution in [3.05, 3.63) is 0 Å². The molecule has 0 aliphatic rings. The van der Waals surface area contributed by atoms with Gasteiger partial charge in [0.2, 0.25) is 0 Å². The largest absolute Gasteiger partial charge is 0.481 e. The Kier molecular flexibility index (Phi) is 13.2. The average molecular weight is 303 g/mol. The van der Waals surface area contributed by atoms with E-state index in [0.717, 1.165) is 32.7 Å². The molecule has 0 rings (SSSR count). The molecule has 0 radical (unpaired) electrons. The van der Waals surface area contributed by atoms with E-state index in [1.807, 2.05) is 0 Å². The Morgan fingerprint density at radius 3 is 1.86 bits per heavy atom. The smallest absolute Gasteiger partial charge is 0.308 e. The van der Waals surface area contributed by atoms with E-state index in [4.69, 9.17) is 10.8 Å². The first-order valence-electron chi connectivity index (χ1n) is 7.33. The summed E-state index contributed by atoms with van der Waals surface area (Å²) in [5.41, 5.74) is 5.29. The number of carboxylic acids is 1. The summed E-state index contributed by atoms with van der Waals surface area (Å²) >= 11 is 0. The van der Waals surface area contributed by atoms with Gasteiger partial charge in [-0.3, -0.25) is 4.79 Å². The molecule has 0 fully saturated rings. The van der Waals surface area contributed by atoms with E-state index in [1.54, 1.807) is 0 Å². The van der Waals surface area contributed by atoms with Crippen LogP contribution in [0.3, 0.4) is 0 Å². The summed E-state index contributed by atoms with van der Waals surface area (Å²) < 4.78 is 0. The molecule has 1 atom stereocenters. The van der Waals surface area contributed by atoms with E-state index in [0.29, 0.717) is 19.8 Å². The molecule has 0 amide bonds. The Bertz CT molecular complexity index is 289. The molecule has 21 heavy (non-hydrogen) atoms. The number of carbonyl (C=O) groups excluding carboxylic acids is 1. The van der Waals surface area contributed by atoms with Crippen molar-refractivity contribution in [1.29, 1.82) is 0 Å². The number of Topliss-reactive ketones (excluding diaryl/α,β-unsaturated/α-hetero) is 1. The Labute approximate surface area is 126 Å². The molecule has 0 saturated carbocycles. The topological polar surface area (TPSA) is 129 Å². The highest BCUT2D eigenvalue weighted by Gasteiger charge is 2.18. The van der Waals surface area contributed by atoms with Gasteiger partial charge in [-0.1, -0.05) is 0 Å². The second-order valence-electron chi connectivity index (χ2n) is 4.85. The molecule has 0 spiro atoms. The van der Waals surface area contributed by atoms with Gasteiger partial charge in [0.05, 0.1) is 5.92 Å². The quantitative estimate of drug-likeness (QED) is 0.151. The van der Waals surface area contributed by atoms with Crippen molar-refractivity contribution in [3.63, 3.8) is 0 Å². The Hall–Kier alpha value is -1.06. The van der Waals surface area contributed by atoms with Crippen LogP contribution in [0.2, 0.25) is 0 Å². The van der Waals surface area contributed by atoms with Crippen molar-refractivity contribution in [2.45, 2.75) is 13.3 Å². The minimum atomic E-state index is -0.930. The molecule has 8 heteroatoms. The highest BCUT2D eigenvalue weighted by Crippen LogP contribution is 2.02. The molecule has 0 aliphatic heterocycles. The van der Waals surface area contributed by atoms with Crippen LogP contribution in [0.15, 0.2) is 0 Å². The number of nitrogens with two attached hydrogens (primary N) is 1. The molecule has 0 bridgehead atoms. The summed E-state index contributed by atoms with van der Waals surface area (Å²) in [5, 5.41) is 21.5. The van der Waals surface area contributed by atoms with Crippen LogP contribution in [0.4, 0.5) is 0 Å². The predicted molar refractivity (Wildman–Crippen MR) is 82.1 cm³/mol. The lowest BCUT2D eigenvalue weighted by Gasteiger charge is -2.12. The molecular weight excluding hydrogens is 274 g/mol. The fourth-order valence-corrected chi connectivity index (χ4v) is 1.75. The van der Waals surface area contributed by atoms with Crippen LogP contribution in [0.1, 0.15) is 13.3 Å². The van der Waals surface area contributed by atoms with Gasteiger partial charge in [0.25, 0.3) is 0 Å². The van der Waals surface area contributed by atoms with Crippen LogP contribution < -0.4 is 27.0 Å². The van der Waals surface area contributed by atoms with Crippen LogP contribution in [-0.2, 0) is 9.59 Å². The molecule has 0 aromatic heterocycles. The minimum absolute atomic E-state index is 0.0799. The second kappa shape index (κ2) is 13.9.